The molecule has 18 heavy (non-hydrogen) atoms. The van der Waals surface area contributed by atoms with Gasteiger partial charge in [0.2, 0.25) is 0 Å². The Labute approximate surface area is 109 Å². The predicted octanol–water partition coefficient (Wildman–Crippen LogP) is 2.19. The van der Waals surface area contributed by atoms with Gasteiger partial charge in [-0.1, -0.05) is 13.0 Å². The van der Waals surface area contributed by atoms with E-state index in [4.69, 9.17) is 9.47 Å². The molecule has 0 bridgehead atoms. The molecule has 1 saturated heterocycles. The lowest BCUT2D eigenvalue weighted by Crippen LogP contribution is -2.53. The molecule has 1 fully saturated rings. The van der Waals surface area contributed by atoms with Crippen LogP contribution in [0.2, 0.25) is 0 Å². The van der Waals surface area contributed by atoms with Crippen molar-refractivity contribution in [1.82, 2.24) is 5.32 Å². The van der Waals surface area contributed by atoms with E-state index >= 15 is 0 Å². The van der Waals surface area contributed by atoms with Gasteiger partial charge in [-0.2, -0.15) is 0 Å². The summed E-state index contributed by atoms with van der Waals surface area (Å²) in [6.07, 6.45) is 0. The molecule has 0 saturated carbocycles. The van der Waals surface area contributed by atoms with E-state index in [2.05, 4.69) is 38.2 Å². The Kier molecular flexibility index (Phi) is 3.93. The first kappa shape index (κ1) is 13.4. The monoisotopic (exact) mass is 249 g/mol. The fourth-order valence-corrected chi connectivity index (χ4v) is 2.65. The molecule has 3 heteroatoms. The van der Waals surface area contributed by atoms with Crippen LogP contribution in [0.3, 0.4) is 0 Å². The van der Waals surface area contributed by atoms with Crippen LogP contribution in [0, 0.1) is 13.8 Å². The largest absolute Gasteiger partial charge is 0.496 e. The Morgan fingerprint density at radius 1 is 1.28 bits per heavy atom. The van der Waals surface area contributed by atoms with Gasteiger partial charge in [-0.15, -0.1) is 0 Å². The van der Waals surface area contributed by atoms with Gasteiger partial charge in [0.05, 0.1) is 25.7 Å². The van der Waals surface area contributed by atoms with E-state index < -0.39 is 0 Å². The van der Waals surface area contributed by atoms with Gasteiger partial charge in [0.15, 0.2) is 0 Å². The molecule has 3 nitrogen and oxygen atoms in total. The lowest BCUT2D eigenvalue weighted by atomic mass is 9.76. The second kappa shape index (κ2) is 5.29. The topological polar surface area (TPSA) is 30.5 Å². The van der Waals surface area contributed by atoms with Gasteiger partial charge in [0.1, 0.15) is 5.75 Å². The van der Waals surface area contributed by atoms with Crippen molar-refractivity contribution < 1.29 is 9.47 Å². The molecule has 1 aromatic rings. The third kappa shape index (κ3) is 2.25. The molecular weight excluding hydrogens is 226 g/mol. The summed E-state index contributed by atoms with van der Waals surface area (Å²) in [6, 6.07) is 4.39. The molecule has 0 aromatic heterocycles. The minimum Gasteiger partial charge on any atom is -0.496 e. The van der Waals surface area contributed by atoms with Crippen molar-refractivity contribution in [2.45, 2.75) is 26.2 Å². The normalized spacial score (nSPS) is 17.3. The summed E-state index contributed by atoms with van der Waals surface area (Å²) < 4.78 is 10.8. The highest BCUT2D eigenvalue weighted by Crippen LogP contribution is 2.36. The van der Waals surface area contributed by atoms with Gasteiger partial charge in [-0.05, 0) is 43.1 Å². The van der Waals surface area contributed by atoms with Gasteiger partial charge >= 0.3 is 0 Å². The summed E-state index contributed by atoms with van der Waals surface area (Å²) in [5, 5.41) is 3.45. The molecule has 0 aliphatic carbocycles. The van der Waals surface area contributed by atoms with Crippen LogP contribution < -0.4 is 10.1 Å². The van der Waals surface area contributed by atoms with Crippen molar-refractivity contribution in [3.8, 4) is 5.75 Å². The van der Waals surface area contributed by atoms with Crippen LogP contribution in [0.15, 0.2) is 12.1 Å². The van der Waals surface area contributed by atoms with Crippen molar-refractivity contribution in [3.05, 3.63) is 28.8 Å². The zero-order valence-electron chi connectivity index (χ0n) is 11.8. The second-order valence-electron chi connectivity index (χ2n) is 5.19. The van der Waals surface area contributed by atoms with Crippen molar-refractivity contribution >= 4 is 0 Å². The number of aryl methyl sites for hydroxylation is 2. The zero-order chi connectivity index (χ0) is 13.2. The maximum atomic E-state index is 5.47. The van der Waals surface area contributed by atoms with E-state index in [-0.39, 0.29) is 5.41 Å². The Morgan fingerprint density at radius 3 is 2.50 bits per heavy atom. The van der Waals surface area contributed by atoms with E-state index in [1.54, 1.807) is 7.11 Å². The Morgan fingerprint density at radius 2 is 2.00 bits per heavy atom. The van der Waals surface area contributed by atoms with Gasteiger partial charge in [-0.25, -0.2) is 0 Å². The number of ether oxygens (including phenoxy) is 2. The summed E-state index contributed by atoms with van der Waals surface area (Å²) in [5.41, 5.74) is 4.03. The molecule has 0 amide bonds. The van der Waals surface area contributed by atoms with Crippen LogP contribution >= 0.6 is 0 Å². The van der Waals surface area contributed by atoms with Crippen LogP contribution in [-0.4, -0.2) is 33.4 Å². The van der Waals surface area contributed by atoms with Gasteiger partial charge in [0, 0.05) is 6.54 Å². The van der Waals surface area contributed by atoms with Crippen molar-refractivity contribution in [2.24, 2.45) is 0 Å². The molecule has 0 atom stereocenters. The van der Waals surface area contributed by atoms with Crippen molar-refractivity contribution in [1.29, 1.82) is 0 Å². The lowest BCUT2D eigenvalue weighted by Gasteiger charge is -2.43. The summed E-state index contributed by atoms with van der Waals surface area (Å²) in [6.45, 7) is 10.00. The number of hydrogen-bond acceptors (Lipinski definition) is 3. The Hall–Kier alpha value is -1.06. The maximum absolute atomic E-state index is 5.47. The molecule has 1 heterocycles. The standard InChI is InChI=1S/C15H23NO2/c1-5-16-8-15(9-18-10-15)13-6-12(3)14(17-4)7-11(13)2/h6-7,16H,5,8-10H2,1-4H3. The molecular formula is C15H23NO2. The van der Waals surface area contributed by atoms with E-state index in [9.17, 15) is 0 Å². The Balaban J connectivity index is 2.34. The first-order valence-corrected chi connectivity index (χ1v) is 6.57. The van der Waals surface area contributed by atoms with Crippen LogP contribution in [0.1, 0.15) is 23.6 Å². The molecule has 1 N–H and O–H groups in total. The molecule has 2 rings (SSSR count). The van der Waals surface area contributed by atoms with Crippen LogP contribution in [0.4, 0.5) is 0 Å². The van der Waals surface area contributed by atoms with E-state index in [0.29, 0.717) is 0 Å². The lowest BCUT2D eigenvalue weighted by molar-refractivity contribution is -0.0591. The fraction of sp³-hybridized carbons (Fsp3) is 0.600. The van der Waals surface area contributed by atoms with Crippen LogP contribution in [0.5, 0.6) is 5.75 Å². The summed E-state index contributed by atoms with van der Waals surface area (Å²) in [7, 11) is 1.72. The molecule has 0 unspecified atom stereocenters. The number of hydrogen-bond donors (Lipinski definition) is 1. The average molecular weight is 249 g/mol. The highest BCUT2D eigenvalue weighted by molar-refractivity contribution is 5.46. The SMILES string of the molecule is CCNCC1(c2cc(C)c(OC)cc2C)COC1. The summed E-state index contributed by atoms with van der Waals surface area (Å²) in [5.74, 6) is 0.968. The van der Waals surface area contributed by atoms with E-state index in [1.165, 1.54) is 16.7 Å². The number of benzene rings is 1. The van der Waals surface area contributed by atoms with E-state index in [1.807, 2.05) is 0 Å². The van der Waals surface area contributed by atoms with Crippen molar-refractivity contribution in [3.63, 3.8) is 0 Å². The van der Waals surface area contributed by atoms with Gasteiger partial charge in [-0.3, -0.25) is 0 Å². The smallest absolute Gasteiger partial charge is 0.122 e. The molecule has 0 radical (unpaired) electrons. The molecule has 1 aliphatic rings. The highest BCUT2D eigenvalue weighted by Gasteiger charge is 2.41. The third-order valence-electron chi connectivity index (χ3n) is 3.78. The summed E-state index contributed by atoms with van der Waals surface area (Å²) in [4.78, 5) is 0. The Bertz CT molecular complexity index is 425. The highest BCUT2D eigenvalue weighted by atomic mass is 16.5. The van der Waals surface area contributed by atoms with E-state index in [0.717, 1.165) is 32.1 Å². The zero-order valence-corrected chi connectivity index (χ0v) is 11.8. The number of rotatable bonds is 5. The quantitative estimate of drug-likeness (QED) is 0.867. The molecule has 100 valence electrons. The fourth-order valence-electron chi connectivity index (χ4n) is 2.65. The van der Waals surface area contributed by atoms with Crippen molar-refractivity contribution in [2.75, 3.05) is 33.4 Å². The predicted molar refractivity (Wildman–Crippen MR) is 73.5 cm³/mol. The second-order valence-corrected chi connectivity index (χ2v) is 5.19. The average Bonchev–Trinajstić information content (AvgIpc) is 2.31. The third-order valence-corrected chi connectivity index (χ3v) is 3.78. The first-order chi connectivity index (χ1) is 8.63. The minimum atomic E-state index is 0.150. The molecule has 1 aromatic carbocycles. The maximum Gasteiger partial charge on any atom is 0.122 e. The number of methoxy groups -OCH3 is 1. The van der Waals surface area contributed by atoms with Crippen LogP contribution in [-0.2, 0) is 10.2 Å². The van der Waals surface area contributed by atoms with Crippen LogP contribution in [0.25, 0.3) is 0 Å². The minimum absolute atomic E-state index is 0.150. The van der Waals surface area contributed by atoms with Gasteiger partial charge in [0.25, 0.3) is 0 Å². The number of nitrogens with one attached hydrogen (secondary N) is 1. The summed E-state index contributed by atoms with van der Waals surface area (Å²) >= 11 is 0. The van der Waals surface area contributed by atoms with Gasteiger partial charge < -0.3 is 14.8 Å². The molecule has 0 spiro atoms. The molecule has 1 aliphatic heterocycles. The first-order valence-electron chi connectivity index (χ1n) is 6.57. The number of likely N-dealkylation sites (N-methyl/N-ethyl adjacent to an activating group) is 1.